The molecule has 2 aliphatic rings. The average molecular weight is 666 g/mol. The number of hydrogen-bond acceptors (Lipinski definition) is 5. The molecule has 0 amide bonds. The van der Waals surface area contributed by atoms with Crippen molar-refractivity contribution in [1.29, 1.82) is 0 Å². The van der Waals surface area contributed by atoms with Gasteiger partial charge in [-0.05, 0) is 76.9 Å². The first-order chi connectivity index (χ1) is 26.2. The van der Waals surface area contributed by atoms with E-state index in [1.54, 1.807) is 0 Å². The van der Waals surface area contributed by atoms with Gasteiger partial charge in [-0.1, -0.05) is 105 Å². The van der Waals surface area contributed by atoms with E-state index in [4.69, 9.17) is 13.8 Å². The fraction of sp³-hybridized carbons (Fsp3) is 0.109. The number of para-hydroxylation sites is 3. The molecule has 0 radical (unpaired) electrons. The topological polar surface area (TPSA) is 31.8 Å². The van der Waals surface area contributed by atoms with Crippen molar-refractivity contribution in [2.45, 2.75) is 19.3 Å². The van der Waals surface area contributed by atoms with Gasteiger partial charge >= 0.3 is 0 Å². The van der Waals surface area contributed by atoms with E-state index >= 15 is 0 Å². The summed E-state index contributed by atoms with van der Waals surface area (Å²) in [5, 5.41) is 0. The summed E-state index contributed by atoms with van der Waals surface area (Å²) >= 11 is 0. The molecule has 0 atom stereocenters. The summed E-state index contributed by atoms with van der Waals surface area (Å²) in [4.78, 5) is 10.7. The summed E-state index contributed by atoms with van der Waals surface area (Å²) in [6.45, 7) is 2.45. The molecule has 248 valence electrons. The van der Waals surface area contributed by atoms with Crippen LogP contribution >= 0.6 is 0 Å². The Morgan fingerprint density at radius 1 is 0.569 bits per heavy atom. The number of aromatic nitrogens is 1. The van der Waals surface area contributed by atoms with E-state index in [1.807, 2.05) is 65.7 Å². The van der Waals surface area contributed by atoms with E-state index < -0.39 is 6.98 Å². The van der Waals surface area contributed by atoms with Gasteiger partial charge in [-0.25, -0.2) is 4.98 Å². The Morgan fingerprint density at radius 2 is 1.24 bits per heavy atom. The maximum Gasteiger partial charge on any atom is 0.137 e. The third kappa shape index (κ3) is 5.29. The molecule has 7 aromatic rings. The zero-order chi connectivity index (χ0) is 37.0. The van der Waals surface area contributed by atoms with E-state index in [-0.39, 0.29) is 12.1 Å². The number of hydrogen-bond donors (Lipinski definition) is 0. The van der Waals surface area contributed by atoms with Crippen LogP contribution in [0.2, 0.25) is 0 Å². The van der Waals surface area contributed by atoms with Crippen LogP contribution in [0.3, 0.4) is 0 Å². The van der Waals surface area contributed by atoms with Gasteiger partial charge in [-0.2, -0.15) is 0 Å². The zero-order valence-corrected chi connectivity index (χ0v) is 28.5. The molecule has 6 aromatic carbocycles. The molecule has 2 aliphatic heterocycles. The molecule has 0 unspecified atom stereocenters. The monoisotopic (exact) mass is 665 g/mol. The number of benzene rings is 6. The predicted octanol–water partition coefficient (Wildman–Crippen LogP) is 11.9. The molecular weight excluding hydrogens is 625 g/mol. The number of nitrogens with zero attached hydrogens (tertiary/aromatic N) is 4. The first kappa shape index (κ1) is 27.5. The molecule has 0 bridgehead atoms. The molecule has 0 aliphatic carbocycles. The number of pyridine rings is 1. The molecule has 1 aromatic heterocycles. The van der Waals surface area contributed by atoms with Crippen molar-refractivity contribution in [1.82, 2.24) is 4.98 Å². The van der Waals surface area contributed by atoms with E-state index in [0.29, 0.717) is 17.2 Å². The third-order valence-electron chi connectivity index (χ3n) is 10.2. The summed E-state index contributed by atoms with van der Waals surface area (Å²) < 4.78 is 31.1. The van der Waals surface area contributed by atoms with Crippen molar-refractivity contribution in [2.24, 2.45) is 0 Å². The number of rotatable bonds is 6. The lowest BCUT2D eigenvalue weighted by molar-refractivity contribution is 0.483. The molecule has 9 rings (SSSR count). The first-order valence-corrected chi connectivity index (χ1v) is 17.2. The molecule has 0 spiro atoms. The van der Waals surface area contributed by atoms with Gasteiger partial charge in [0.15, 0.2) is 0 Å². The molecule has 0 fully saturated rings. The zero-order valence-electron chi connectivity index (χ0n) is 31.5. The normalized spacial score (nSPS) is 14.3. The first-order valence-electron chi connectivity index (χ1n) is 18.7. The molecule has 0 N–H and O–H groups in total. The molecule has 0 saturated heterocycles. The lowest BCUT2D eigenvalue weighted by Crippen LogP contribution is -2.23. The Morgan fingerprint density at radius 3 is 2.02 bits per heavy atom. The Labute approximate surface area is 303 Å². The minimum atomic E-state index is -2.27. The maximum atomic E-state index is 8.15. The lowest BCUT2D eigenvalue weighted by atomic mass is 9.78. The van der Waals surface area contributed by atoms with Crippen molar-refractivity contribution >= 4 is 34.3 Å². The highest BCUT2D eigenvalue weighted by Crippen LogP contribution is 2.52. The summed E-state index contributed by atoms with van der Waals surface area (Å²) in [5.41, 5.74) is 10.9. The highest BCUT2D eigenvalue weighted by Gasteiger charge is 2.30. The lowest BCUT2D eigenvalue weighted by Gasteiger charge is -2.30. The molecule has 5 heteroatoms. The summed E-state index contributed by atoms with van der Waals surface area (Å²) in [6.07, 6.45) is 1.91. The van der Waals surface area contributed by atoms with E-state index in [2.05, 4.69) is 122 Å². The van der Waals surface area contributed by atoms with Gasteiger partial charge in [0.1, 0.15) is 17.3 Å². The van der Waals surface area contributed by atoms with Gasteiger partial charge in [0.05, 0.1) is 29.4 Å². The highest BCUT2D eigenvalue weighted by atomic mass is 16.5. The number of ether oxygens (including phenoxy) is 1. The van der Waals surface area contributed by atoms with Gasteiger partial charge in [0, 0.05) is 51.6 Å². The van der Waals surface area contributed by atoms with Crippen LogP contribution in [-0.4, -0.2) is 18.6 Å². The molecule has 51 heavy (non-hydrogen) atoms. The highest BCUT2D eigenvalue weighted by molar-refractivity contribution is 6.02. The van der Waals surface area contributed by atoms with Gasteiger partial charge in [-0.15, -0.1) is 0 Å². The summed E-state index contributed by atoms with van der Waals surface area (Å²) in [5.74, 6) is 2.12. The largest absolute Gasteiger partial charge is 0.457 e. The van der Waals surface area contributed by atoms with E-state index in [1.165, 1.54) is 10.5 Å². The van der Waals surface area contributed by atoms with Crippen molar-refractivity contribution in [2.75, 3.05) is 28.3 Å². The minimum Gasteiger partial charge on any atom is -0.457 e. The number of anilines is 6. The van der Waals surface area contributed by atoms with Gasteiger partial charge < -0.3 is 14.5 Å². The minimum absolute atomic E-state index is 0.207. The Bertz CT molecular complexity index is 2520. The molecule has 5 nitrogen and oxygen atoms in total. The van der Waals surface area contributed by atoms with Crippen molar-refractivity contribution in [3.05, 3.63) is 175 Å². The molecular formula is C46H38N4O. The van der Waals surface area contributed by atoms with Crippen LogP contribution in [0.15, 0.2) is 164 Å². The van der Waals surface area contributed by atoms with Crippen LogP contribution < -0.4 is 19.4 Å². The van der Waals surface area contributed by atoms with E-state index in [0.717, 1.165) is 56.4 Å². The average Bonchev–Trinajstić information content (AvgIpc) is 3.55. The van der Waals surface area contributed by atoms with Gasteiger partial charge in [-0.3, -0.25) is 4.90 Å². The predicted molar refractivity (Wildman–Crippen MR) is 210 cm³/mol. The molecule has 0 saturated carbocycles. The SMILES string of the molecule is [2H]C([2H])([2H])N1CN(c2cccc(Oc3ccc4c(c3)N(c3cc(C(C)(C)c5ccccc5)ccn3)c3ccccc3-c3ccccc3-4)c2)c2ccccc21. The second kappa shape index (κ2) is 12.2. The standard InChI is InChI=1S/C46H38N4O/c1-46(2,32-14-5-4-6-15-32)33-26-27-47-45(28-33)50-41-21-10-9-20-39(41)37-18-7-8-19-38(37)40-25-24-36(30-44(40)50)51-35-17-13-16-34(29-35)49-31-48(3)42-22-11-12-23-43(42)49/h4-30H,31H2,1-3H3/i3D3. The van der Waals surface area contributed by atoms with Gasteiger partial charge in [0.2, 0.25) is 0 Å². The Hall–Kier alpha value is -6.33. The quantitative estimate of drug-likeness (QED) is 0.176. The fourth-order valence-corrected chi connectivity index (χ4v) is 7.45. The maximum absolute atomic E-state index is 8.15. The van der Waals surface area contributed by atoms with Crippen LogP contribution in [0.1, 0.15) is 29.1 Å². The Balaban J connectivity index is 1.14. The second-order valence-electron chi connectivity index (χ2n) is 13.6. The third-order valence-corrected chi connectivity index (χ3v) is 10.2. The summed E-state index contributed by atoms with van der Waals surface area (Å²) in [7, 11) is 0. The second-order valence-corrected chi connectivity index (χ2v) is 13.6. The van der Waals surface area contributed by atoms with E-state index in [9.17, 15) is 0 Å². The van der Waals surface area contributed by atoms with Crippen LogP contribution in [-0.2, 0) is 5.41 Å². The smallest absolute Gasteiger partial charge is 0.137 e. The van der Waals surface area contributed by atoms with Crippen molar-refractivity contribution in [3.63, 3.8) is 0 Å². The fourth-order valence-electron chi connectivity index (χ4n) is 7.45. The van der Waals surface area contributed by atoms with Crippen LogP contribution in [0.25, 0.3) is 22.3 Å². The Kier molecular flexibility index (Phi) is 6.59. The van der Waals surface area contributed by atoms with Crippen LogP contribution in [0.5, 0.6) is 11.5 Å². The van der Waals surface area contributed by atoms with Crippen molar-refractivity contribution in [3.8, 4) is 33.8 Å². The van der Waals surface area contributed by atoms with Crippen LogP contribution in [0, 0.1) is 0 Å². The number of fused-ring (bicyclic) bond motifs is 6. The van der Waals surface area contributed by atoms with Crippen LogP contribution in [0.4, 0.5) is 34.3 Å². The summed E-state index contributed by atoms with van der Waals surface area (Å²) in [6, 6.07) is 53.6. The molecule has 3 heterocycles. The van der Waals surface area contributed by atoms with Gasteiger partial charge in [0.25, 0.3) is 0 Å². The van der Waals surface area contributed by atoms with Crippen molar-refractivity contribution < 1.29 is 8.85 Å².